The lowest BCUT2D eigenvalue weighted by Crippen LogP contribution is -2.32. The van der Waals surface area contributed by atoms with E-state index in [1.54, 1.807) is 0 Å². The molecule has 3 nitrogen and oxygen atoms in total. The highest BCUT2D eigenvalue weighted by molar-refractivity contribution is 9.10. The molecule has 2 N–H and O–H groups in total. The van der Waals surface area contributed by atoms with Crippen molar-refractivity contribution in [2.45, 2.75) is 31.7 Å². The van der Waals surface area contributed by atoms with Gasteiger partial charge in [-0.05, 0) is 24.0 Å². The standard InChI is InChI=1S/C14H19BrN2O/c1-10(12-4-2-3-5-13(12)15)8-14(18)17-7-6-11(16)9-17/h2-5,10-11H,6-9,16H2,1H3. The quantitative estimate of drug-likeness (QED) is 0.932. The number of rotatable bonds is 3. The molecule has 0 saturated carbocycles. The first-order valence-electron chi connectivity index (χ1n) is 6.35. The summed E-state index contributed by atoms with van der Waals surface area (Å²) < 4.78 is 1.07. The maximum atomic E-state index is 12.1. The van der Waals surface area contributed by atoms with Crippen LogP contribution in [0, 0.1) is 0 Å². The molecule has 18 heavy (non-hydrogen) atoms. The summed E-state index contributed by atoms with van der Waals surface area (Å²) in [6.07, 6.45) is 1.48. The van der Waals surface area contributed by atoms with Crippen molar-refractivity contribution < 1.29 is 4.79 Å². The molecule has 1 aliphatic heterocycles. The highest BCUT2D eigenvalue weighted by atomic mass is 79.9. The van der Waals surface area contributed by atoms with Crippen LogP contribution in [-0.2, 0) is 4.79 Å². The Morgan fingerprint density at radius 2 is 2.28 bits per heavy atom. The van der Waals surface area contributed by atoms with E-state index in [1.807, 2.05) is 23.1 Å². The van der Waals surface area contributed by atoms with Crippen LogP contribution in [0.15, 0.2) is 28.7 Å². The molecule has 1 saturated heterocycles. The smallest absolute Gasteiger partial charge is 0.223 e. The second-order valence-electron chi connectivity index (χ2n) is 5.02. The molecule has 1 fully saturated rings. The second kappa shape index (κ2) is 5.85. The first kappa shape index (κ1) is 13.6. The van der Waals surface area contributed by atoms with Gasteiger partial charge in [-0.25, -0.2) is 0 Å². The zero-order chi connectivity index (χ0) is 13.1. The summed E-state index contributed by atoms with van der Waals surface area (Å²) in [4.78, 5) is 14.0. The largest absolute Gasteiger partial charge is 0.341 e. The lowest BCUT2D eigenvalue weighted by atomic mass is 9.97. The lowest BCUT2D eigenvalue weighted by molar-refractivity contribution is -0.130. The topological polar surface area (TPSA) is 46.3 Å². The summed E-state index contributed by atoms with van der Waals surface area (Å²) in [5.74, 6) is 0.441. The van der Waals surface area contributed by atoms with Gasteiger partial charge in [-0.2, -0.15) is 0 Å². The maximum Gasteiger partial charge on any atom is 0.223 e. The Kier molecular flexibility index (Phi) is 4.40. The van der Waals surface area contributed by atoms with Crippen molar-refractivity contribution >= 4 is 21.8 Å². The number of hydrogen-bond acceptors (Lipinski definition) is 2. The molecular formula is C14H19BrN2O. The molecule has 2 atom stereocenters. The van der Waals surface area contributed by atoms with Gasteiger partial charge in [0, 0.05) is 30.0 Å². The molecule has 1 amide bonds. The van der Waals surface area contributed by atoms with Gasteiger partial charge in [0.2, 0.25) is 5.91 Å². The van der Waals surface area contributed by atoms with Crippen LogP contribution in [0.3, 0.4) is 0 Å². The Balaban J connectivity index is 1.97. The Labute approximate surface area is 116 Å². The van der Waals surface area contributed by atoms with Crippen LogP contribution in [0.5, 0.6) is 0 Å². The Morgan fingerprint density at radius 3 is 2.89 bits per heavy atom. The predicted molar refractivity (Wildman–Crippen MR) is 76.3 cm³/mol. The molecule has 0 bridgehead atoms. The van der Waals surface area contributed by atoms with Crippen LogP contribution in [0.25, 0.3) is 0 Å². The number of carbonyl (C=O) groups is 1. The molecule has 4 heteroatoms. The van der Waals surface area contributed by atoms with Crippen molar-refractivity contribution in [1.29, 1.82) is 0 Å². The Morgan fingerprint density at radius 1 is 1.56 bits per heavy atom. The van der Waals surface area contributed by atoms with E-state index in [1.165, 1.54) is 5.56 Å². The number of likely N-dealkylation sites (tertiary alicyclic amines) is 1. The van der Waals surface area contributed by atoms with Gasteiger partial charge in [0.05, 0.1) is 0 Å². The third-order valence-electron chi connectivity index (χ3n) is 3.49. The number of nitrogens with two attached hydrogens (primary N) is 1. The molecule has 98 valence electrons. The minimum atomic E-state index is 0.160. The molecular weight excluding hydrogens is 292 g/mol. The first-order chi connectivity index (χ1) is 8.58. The summed E-state index contributed by atoms with van der Waals surface area (Å²) >= 11 is 3.53. The molecule has 1 aromatic carbocycles. The fourth-order valence-electron chi connectivity index (χ4n) is 2.39. The van der Waals surface area contributed by atoms with Crippen LogP contribution in [-0.4, -0.2) is 29.9 Å². The van der Waals surface area contributed by atoms with E-state index >= 15 is 0 Å². The molecule has 2 rings (SSSR count). The third kappa shape index (κ3) is 3.12. The molecule has 0 aliphatic carbocycles. The second-order valence-corrected chi connectivity index (χ2v) is 5.87. The average Bonchev–Trinajstić information content (AvgIpc) is 2.76. The normalized spacial score (nSPS) is 21.1. The van der Waals surface area contributed by atoms with E-state index in [2.05, 4.69) is 28.9 Å². The molecule has 1 aliphatic rings. The number of hydrogen-bond donors (Lipinski definition) is 1. The van der Waals surface area contributed by atoms with Gasteiger partial charge in [-0.1, -0.05) is 41.1 Å². The fraction of sp³-hybridized carbons (Fsp3) is 0.500. The van der Waals surface area contributed by atoms with Crippen molar-refractivity contribution in [2.75, 3.05) is 13.1 Å². The molecule has 0 aromatic heterocycles. The zero-order valence-corrected chi connectivity index (χ0v) is 12.2. The summed E-state index contributed by atoms with van der Waals surface area (Å²) in [5, 5.41) is 0. The Bertz CT molecular complexity index is 436. The minimum absolute atomic E-state index is 0.160. The maximum absolute atomic E-state index is 12.1. The van der Waals surface area contributed by atoms with Crippen molar-refractivity contribution in [2.24, 2.45) is 5.73 Å². The number of amides is 1. The van der Waals surface area contributed by atoms with Crippen molar-refractivity contribution in [3.05, 3.63) is 34.3 Å². The average molecular weight is 311 g/mol. The lowest BCUT2D eigenvalue weighted by Gasteiger charge is -2.19. The van der Waals surface area contributed by atoms with Gasteiger partial charge in [-0.3, -0.25) is 4.79 Å². The van der Waals surface area contributed by atoms with Gasteiger partial charge in [0.1, 0.15) is 0 Å². The monoisotopic (exact) mass is 310 g/mol. The van der Waals surface area contributed by atoms with Gasteiger partial charge in [0.15, 0.2) is 0 Å². The zero-order valence-electron chi connectivity index (χ0n) is 10.6. The van der Waals surface area contributed by atoms with E-state index in [-0.39, 0.29) is 17.9 Å². The number of benzene rings is 1. The van der Waals surface area contributed by atoms with E-state index < -0.39 is 0 Å². The first-order valence-corrected chi connectivity index (χ1v) is 7.15. The molecule has 1 heterocycles. The van der Waals surface area contributed by atoms with Gasteiger partial charge < -0.3 is 10.6 Å². The van der Waals surface area contributed by atoms with Crippen molar-refractivity contribution in [3.8, 4) is 0 Å². The fourth-order valence-corrected chi connectivity index (χ4v) is 3.07. The van der Waals surface area contributed by atoms with E-state index in [0.717, 1.165) is 17.4 Å². The molecule has 0 radical (unpaired) electrons. The van der Waals surface area contributed by atoms with Crippen LogP contribution in [0.1, 0.15) is 31.2 Å². The third-order valence-corrected chi connectivity index (χ3v) is 4.22. The summed E-state index contributed by atoms with van der Waals surface area (Å²) in [7, 11) is 0. The molecule has 0 spiro atoms. The van der Waals surface area contributed by atoms with E-state index in [4.69, 9.17) is 5.73 Å². The van der Waals surface area contributed by atoms with Crippen molar-refractivity contribution in [3.63, 3.8) is 0 Å². The van der Waals surface area contributed by atoms with E-state index in [9.17, 15) is 4.79 Å². The predicted octanol–water partition coefficient (Wildman–Crippen LogP) is 2.50. The van der Waals surface area contributed by atoms with Crippen LogP contribution < -0.4 is 5.73 Å². The molecule has 1 aromatic rings. The number of nitrogens with zero attached hydrogens (tertiary/aromatic N) is 1. The van der Waals surface area contributed by atoms with Crippen LogP contribution in [0.4, 0.5) is 0 Å². The van der Waals surface area contributed by atoms with Gasteiger partial charge in [-0.15, -0.1) is 0 Å². The van der Waals surface area contributed by atoms with E-state index in [0.29, 0.717) is 13.0 Å². The SMILES string of the molecule is CC(CC(=O)N1CCC(N)C1)c1ccccc1Br. The molecule has 2 unspecified atom stereocenters. The number of halogens is 1. The highest BCUT2D eigenvalue weighted by Gasteiger charge is 2.25. The summed E-state index contributed by atoms with van der Waals surface area (Å²) in [5.41, 5.74) is 7.02. The summed E-state index contributed by atoms with van der Waals surface area (Å²) in [6.45, 7) is 3.61. The van der Waals surface area contributed by atoms with Gasteiger partial charge >= 0.3 is 0 Å². The summed E-state index contributed by atoms with van der Waals surface area (Å²) in [6, 6.07) is 8.24. The van der Waals surface area contributed by atoms with Crippen LogP contribution >= 0.6 is 15.9 Å². The Hall–Kier alpha value is -0.870. The van der Waals surface area contributed by atoms with Crippen molar-refractivity contribution in [1.82, 2.24) is 4.90 Å². The minimum Gasteiger partial charge on any atom is -0.341 e. The van der Waals surface area contributed by atoms with Crippen LogP contribution in [0.2, 0.25) is 0 Å². The van der Waals surface area contributed by atoms with Gasteiger partial charge in [0.25, 0.3) is 0 Å². The highest BCUT2D eigenvalue weighted by Crippen LogP contribution is 2.27. The number of carbonyl (C=O) groups excluding carboxylic acids is 1.